The molecule has 0 amide bonds. The van der Waals surface area contributed by atoms with E-state index in [4.69, 9.17) is 4.55 Å². The first-order valence-corrected chi connectivity index (χ1v) is 11.3. The molecule has 0 unspecified atom stereocenters. The van der Waals surface area contributed by atoms with E-state index in [2.05, 4.69) is 4.18 Å². The van der Waals surface area contributed by atoms with Gasteiger partial charge in [0.2, 0.25) is 0 Å². The van der Waals surface area contributed by atoms with E-state index in [1.807, 2.05) is 0 Å². The summed E-state index contributed by atoms with van der Waals surface area (Å²) in [4.78, 5) is -1.36. The highest BCUT2D eigenvalue weighted by Gasteiger charge is 2.25. The predicted molar refractivity (Wildman–Crippen MR) is 89.7 cm³/mol. The van der Waals surface area contributed by atoms with Crippen molar-refractivity contribution in [3.63, 3.8) is 0 Å². The molecule has 0 aromatic heterocycles. The second kappa shape index (κ2) is 6.75. The van der Waals surface area contributed by atoms with E-state index in [1.54, 1.807) is 0 Å². The van der Waals surface area contributed by atoms with Gasteiger partial charge in [0.25, 0.3) is 10.1 Å². The SMILES string of the molecule is Cc1ccc2cc(S(=O)(=O)O)cc(S(=O)(=O)CCOS(=O)(=O)O)c2c1O. The van der Waals surface area contributed by atoms with Gasteiger partial charge >= 0.3 is 10.4 Å². The highest BCUT2D eigenvalue weighted by molar-refractivity contribution is 7.91. The number of fused-ring (bicyclic) bond motifs is 1. The molecular weight excluding hydrogens is 412 g/mol. The van der Waals surface area contributed by atoms with Crippen LogP contribution in [0.3, 0.4) is 0 Å². The summed E-state index contributed by atoms with van der Waals surface area (Å²) in [7, 11) is -14.0. The van der Waals surface area contributed by atoms with Crippen molar-refractivity contribution in [2.45, 2.75) is 16.7 Å². The van der Waals surface area contributed by atoms with Crippen LogP contribution in [0.1, 0.15) is 5.56 Å². The third-order valence-electron chi connectivity index (χ3n) is 3.45. The Morgan fingerprint density at radius 1 is 1.00 bits per heavy atom. The summed E-state index contributed by atoms with van der Waals surface area (Å²) >= 11 is 0. The molecule has 0 bridgehead atoms. The van der Waals surface area contributed by atoms with Crippen LogP contribution < -0.4 is 0 Å². The lowest BCUT2D eigenvalue weighted by Gasteiger charge is -2.12. The maximum atomic E-state index is 12.5. The number of rotatable bonds is 6. The van der Waals surface area contributed by atoms with Crippen molar-refractivity contribution < 1.29 is 43.6 Å². The minimum atomic E-state index is -4.87. The highest BCUT2D eigenvalue weighted by Crippen LogP contribution is 2.36. The average molecular weight is 426 g/mol. The van der Waals surface area contributed by atoms with E-state index in [1.165, 1.54) is 19.1 Å². The molecule has 13 heteroatoms. The summed E-state index contributed by atoms with van der Waals surface area (Å²) < 4.78 is 90.6. The van der Waals surface area contributed by atoms with Gasteiger partial charge in [0.15, 0.2) is 9.84 Å². The first-order valence-electron chi connectivity index (χ1n) is 6.81. The number of phenols is 1. The van der Waals surface area contributed by atoms with Gasteiger partial charge in [-0.1, -0.05) is 12.1 Å². The number of hydrogen-bond donors (Lipinski definition) is 3. The lowest BCUT2D eigenvalue weighted by atomic mass is 10.1. The molecule has 0 aliphatic rings. The van der Waals surface area contributed by atoms with Gasteiger partial charge in [-0.2, -0.15) is 16.8 Å². The fourth-order valence-electron chi connectivity index (χ4n) is 2.24. The number of benzene rings is 2. The fraction of sp³-hybridized carbons (Fsp3) is 0.231. The Morgan fingerprint density at radius 3 is 2.15 bits per heavy atom. The lowest BCUT2D eigenvalue weighted by molar-refractivity contribution is 0.284. The molecule has 144 valence electrons. The maximum absolute atomic E-state index is 12.5. The minimum Gasteiger partial charge on any atom is -0.507 e. The smallest absolute Gasteiger partial charge is 0.397 e. The number of aryl methyl sites for hydroxylation is 1. The van der Waals surface area contributed by atoms with E-state index < -0.39 is 58.3 Å². The summed E-state index contributed by atoms with van der Waals surface area (Å²) in [5, 5.41) is 10.0. The maximum Gasteiger partial charge on any atom is 0.397 e. The lowest BCUT2D eigenvalue weighted by Crippen LogP contribution is -2.16. The predicted octanol–water partition coefficient (Wildman–Crippen LogP) is 0.694. The van der Waals surface area contributed by atoms with Gasteiger partial charge in [-0.25, -0.2) is 12.6 Å². The number of aromatic hydroxyl groups is 1. The molecule has 2 rings (SSSR count). The van der Waals surface area contributed by atoms with Gasteiger partial charge in [0.05, 0.1) is 22.2 Å². The molecule has 0 saturated heterocycles. The summed E-state index contributed by atoms with van der Waals surface area (Å²) in [6, 6.07) is 4.41. The first kappa shape index (κ1) is 20.5. The molecule has 26 heavy (non-hydrogen) atoms. The molecule has 10 nitrogen and oxygen atoms in total. The largest absolute Gasteiger partial charge is 0.507 e. The Bertz CT molecular complexity index is 1180. The second-order valence-corrected chi connectivity index (χ2v) is 9.88. The van der Waals surface area contributed by atoms with Crippen molar-refractivity contribution in [3.8, 4) is 5.75 Å². The van der Waals surface area contributed by atoms with Crippen LogP contribution in [0.4, 0.5) is 0 Å². The Labute approximate surface area is 149 Å². The van der Waals surface area contributed by atoms with Gasteiger partial charge in [-0.05, 0) is 30.0 Å². The molecule has 0 heterocycles. The van der Waals surface area contributed by atoms with Crippen molar-refractivity contribution in [2.75, 3.05) is 12.4 Å². The molecule has 0 saturated carbocycles. The van der Waals surface area contributed by atoms with Crippen molar-refractivity contribution in [3.05, 3.63) is 29.8 Å². The first-order chi connectivity index (χ1) is 11.7. The van der Waals surface area contributed by atoms with Crippen LogP contribution in [-0.2, 0) is 34.5 Å². The van der Waals surface area contributed by atoms with Gasteiger partial charge < -0.3 is 5.11 Å². The van der Waals surface area contributed by atoms with Crippen LogP contribution in [0.15, 0.2) is 34.1 Å². The molecule has 0 radical (unpaired) electrons. The highest BCUT2D eigenvalue weighted by atomic mass is 32.3. The minimum absolute atomic E-state index is 0.0255. The topological polar surface area (TPSA) is 172 Å². The number of phenolic OH excluding ortho intramolecular Hbond substituents is 1. The molecule has 0 aliphatic heterocycles. The number of sulfone groups is 1. The standard InChI is InChI=1S/C13H14O10S3/c1-8-2-3-9-6-10(25(17,18)19)7-11(12(9)13(8)14)24(15,16)5-4-23-26(20,21)22/h2-3,6-7,14H,4-5H2,1H3,(H,17,18,19)(H,20,21,22). The number of hydrogen-bond acceptors (Lipinski definition) is 8. The van der Waals surface area contributed by atoms with Crippen molar-refractivity contribution >= 4 is 41.1 Å². The van der Waals surface area contributed by atoms with Gasteiger partial charge in [-0.3, -0.25) is 9.11 Å². The summed E-state index contributed by atoms with van der Waals surface area (Å²) in [6.07, 6.45) is 0. The molecule has 2 aromatic rings. The summed E-state index contributed by atoms with van der Waals surface area (Å²) in [6.45, 7) is 0.550. The van der Waals surface area contributed by atoms with E-state index >= 15 is 0 Å². The van der Waals surface area contributed by atoms with E-state index in [0.717, 1.165) is 6.07 Å². The third-order valence-corrected chi connectivity index (χ3v) is 6.44. The van der Waals surface area contributed by atoms with Crippen molar-refractivity contribution in [1.29, 1.82) is 0 Å². The van der Waals surface area contributed by atoms with Crippen LogP contribution >= 0.6 is 0 Å². The zero-order chi connectivity index (χ0) is 19.9. The van der Waals surface area contributed by atoms with E-state index in [9.17, 15) is 34.9 Å². The molecular formula is C13H14O10S3. The van der Waals surface area contributed by atoms with E-state index in [0.29, 0.717) is 11.6 Å². The molecule has 0 aliphatic carbocycles. The van der Waals surface area contributed by atoms with Crippen LogP contribution in [0.25, 0.3) is 10.8 Å². The molecule has 0 fully saturated rings. The Hall–Kier alpha value is -1.77. The quantitative estimate of drug-likeness (QED) is 0.558. The average Bonchev–Trinajstić information content (AvgIpc) is 2.47. The molecule has 2 aromatic carbocycles. The van der Waals surface area contributed by atoms with Gasteiger partial charge in [0.1, 0.15) is 5.75 Å². The Kier molecular flexibility index (Phi) is 5.34. The summed E-state index contributed by atoms with van der Waals surface area (Å²) in [5.41, 5.74) is 0.308. The van der Waals surface area contributed by atoms with Crippen LogP contribution in [0, 0.1) is 6.92 Å². The van der Waals surface area contributed by atoms with Gasteiger partial charge in [0, 0.05) is 5.39 Å². The molecule has 0 spiro atoms. The van der Waals surface area contributed by atoms with Crippen LogP contribution in [0.2, 0.25) is 0 Å². The van der Waals surface area contributed by atoms with Crippen molar-refractivity contribution in [2.24, 2.45) is 0 Å². The zero-order valence-electron chi connectivity index (χ0n) is 13.1. The monoisotopic (exact) mass is 426 g/mol. The Balaban J connectivity index is 2.72. The van der Waals surface area contributed by atoms with Crippen molar-refractivity contribution in [1.82, 2.24) is 0 Å². The fourth-order valence-corrected chi connectivity index (χ4v) is 4.61. The normalized spacial score (nSPS) is 13.2. The van der Waals surface area contributed by atoms with Gasteiger partial charge in [-0.15, -0.1) is 0 Å². The van der Waals surface area contributed by atoms with E-state index in [-0.39, 0.29) is 10.8 Å². The molecule has 3 N–H and O–H groups in total. The summed E-state index contributed by atoms with van der Waals surface area (Å²) in [5.74, 6) is -1.36. The Morgan fingerprint density at radius 2 is 1.62 bits per heavy atom. The second-order valence-electron chi connectivity index (χ2n) is 5.29. The molecule has 0 atom stereocenters. The third kappa shape index (κ3) is 4.49. The zero-order valence-corrected chi connectivity index (χ0v) is 15.6. The van der Waals surface area contributed by atoms with Crippen LogP contribution in [0.5, 0.6) is 5.75 Å². The van der Waals surface area contributed by atoms with Crippen LogP contribution in [-0.4, -0.2) is 51.8 Å².